The Bertz CT molecular complexity index is 1540. The number of hydrogen-bond donors (Lipinski definition) is 0. The maximum Gasteiger partial charge on any atom is 0.120 e. The third kappa shape index (κ3) is 7.58. The number of rotatable bonds is 3. The minimum absolute atomic E-state index is 0. The van der Waals surface area contributed by atoms with Gasteiger partial charge in [-0.15, -0.1) is 53.6 Å². The molecule has 2 aromatic heterocycles. The van der Waals surface area contributed by atoms with Gasteiger partial charge in [-0.2, -0.15) is 0 Å². The summed E-state index contributed by atoms with van der Waals surface area (Å²) in [6.45, 7) is 4.40. The van der Waals surface area contributed by atoms with Crippen molar-refractivity contribution in [1.29, 1.82) is 0 Å². The third-order valence-corrected chi connectivity index (χ3v) is 5.25. The average Bonchev–Trinajstić information content (AvgIpc) is 3.05. The fourth-order valence-electron chi connectivity index (χ4n) is 3.34. The second-order valence-corrected chi connectivity index (χ2v) is 7.99. The Kier molecular flexibility index (Phi) is 8.12. The molecular weight excluding hydrogens is 609 g/mol. The number of para-hydroxylation sites is 1. The zero-order chi connectivity index (χ0) is 27.1. The van der Waals surface area contributed by atoms with Crippen LogP contribution in [0.25, 0.3) is 22.2 Å². The van der Waals surface area contributed by atoms with Crippen LogP contribution in [0.4, 0.5) is 0 Å². The number of benzene rings is 2. The third-order valence-electron chi connectivity index (χ3n) is 5.25. The molecule has 5 rings (SSSR count). The second-order valence-electron chi connectivity index (χ2n) is 7.99. The van der Waals surface area contributed by atoms with E-state index in [1.807, 2.05) is 36.5 Å². The van der Waals surface area contributed by atoms with Crippen LogP contribution in [-0.4, -0.2) is 10.7 Å². The van der Waals surface area contributed by atoms with Crippen LogP contribution in [0, 0.1) is 12.1 Å². The van der Waals surface area contributed by atoms with Gasteiger partial charge >= 0.3 is 0 Å². The quantitative estimate of drug-likeness (QED) is 0.212. The molecule has 0 amide bonds. The van der Waals surface area contributed by atoms with Crippen molar-refractivity contribution in [1.82, 2.24) is 4.98 Å². The SMILES string of the molecule is CC(C)c1c[c-]c(C2=NC=CCC2)cc1.[2H]c1nc(-c2[c-]cccc3ccccc3oc2)c([2H])c([2H])c1[2H].[Ir]. The van der Waals surface area contributed by atoms with E-state index in [1.165, 1.54) is 11.8 Å². The average molecular weight is 641 g/mol. The van der Waals surface area contributed by atoms with Gasteiger partial charge in [0.2, 0.25) is 0 Å². The van der Waals surface area contributed by atoms with E-state index in [-0.39, 0.29) is 50.1 Å². The van der Waals surface area contributed by atoms with Gasteiger partial charge in [0, 0.05) is 44.1 Å². The van der Waals surface area contributed by atoms with E-state index >= 15 is 0 Å². The minimum Gasteiger partial charge on any atom is -0.508 e. The van der Waals surface area contributed by atoms with Crippen molar-refractivity contribution >= 4 is 16.7 Å². The predicted molar refractivity (Wildman–Crippen MR) is 140 cm³/mol. The summed E-state index contributed by atoms with van der Waals surface area (Å²) in [4.78, 5) is 8.31. The molecule has 1 radical (unpaired) electrons. The standard InChI is InChI=1S/C17H12NO.C14H16N.Ir/c1-2-9-15(16-10-5-6-12-18-16)13-19-17-11-4-3-8-14(17)7-1;1-11(2)12-6-8-13(9-7-12)14-5-3-4-10-15-14;/h1-8,10-13H;4,6-8,10-11H,3,5H2,1-2H3;/q2*-1;/i5D,6D,10D,12D;;. The first-order valence-electron chi connectivity index (χ1n) is 13.3. The van der Waals surface area contributed by atoms with Crippen LogP contribution >= 0.6 is 0 Å². The molecule has 4 heteroatoms. The van der Waals surface area contributed by atoms with Crippen molar-refractivity contribution in [3.05, 3.63) is 127 Å². The summed E-state index contributed by atoms with van der Waals surface area (Å²) < 4.78 is 36.6. The summed E-state index contributed by atoms with van der Waals surface area (Å²) in [5, 5.41) is 0.894. The van der Waals surface area contributed by atoms with Crippen LogP contribution in [0.2, 0.25) is 0 Å². The van der Waals surface area contributed by atoms with Gasteiger partial charge in [0.15, 0.2) is 0 Å². The Balaban J connectivity index is 0.000000228. The summed E-state index contributed by atoms with van der Waals surface area (Å²) >= 11 is 0. The Morgan fingerprint density at radius 1 is 1.00 bits per heavy atom. The number of nitrogens with zero attached hydrogens (tertiary/aromatic N) is 2. The first kappa shape index (κ1) is 21.0. The first-order chi connectivity index (χ1) is 18.3. The fraction of sp³-hybridized carbons (Fsp3) is 0.161. The number of fused-ring (bicyclic) bond motifs is 1. The number of aromatic nitrogens is 1. The van der Waals surface area contributed by atoms with Crippen LogP contribution < -0.4 is 0 Å². The molecule has 0 saturated heterocycles. The first-order valence-corrected chi connectivity index (χ1v) is 11.3. The topological polar surface area (TPSA) is 38.4 Å². The molecule has 3 heterocycles. The Morgan fingerprint density at radius 3 is 2.63 bits per heavy atom. The molecule has 0 saturated carbocycles. The van der Waals surface area contributed by atoms with E-state index in [1.54, 1.807) is 12.1 Å². The van der Waals surface area contributed by atoms with E-state index in [9.17, 15) is 0 Å². The molecule has 179 valence electrons. The maximum absolute atomic E-state index is 7.97. The molecule has 0 bridgehead atoms. The van der Waals surface area contributed by atoms with E-state index in [4.69, 9.17) is 9.90 Å². The summed E-state index contributed by atoms with van der Waals surface area (Å²) in [5.74, 6) is 0.573. The molecule has 0 atom stereocenters. The maximum atomic E-state index is 7.97. The van der Waals surface area contributed by atoms with Gasteiger partial charge in [0.1, 0.15) is 5.58 Å². The Hall–Kier alpha value is -3.33. The van der Waals surface area contributed by atoms with Crippen LogP contribution in [-0.2, 0) is 20.1 Å². The number of hydrogen-bond acceptors (Lipinski definition) is 3. The van der Waals surface area contributed by atoms with Crippen molar-refractivity contribution in [3.63, 3.8) is 0 Å². The molecule has 0 N–H and O–H groups in total. The molecule has 4 aromatic rings. The van der Waals surface area contributed by atoms with E-state index < -0.39 is 0 Å². The van der Waals surface area contributed by atoms with Gasteiger partial charge < -0.3 is 14.4 Å². The normalized spacial score (nSPS) is 13.7. The smallest absolute Gasteiger partial charge is 0.120 e. The van der Waals surface area contributed by atoms with Crippen LogP contribution in [0.3, 0.4) is 0 Å². The molecule has 2 aromatic carbocycles. The van der Waals surface area contributed by atoms with Gasteiger partial charge in [-0.25, -0.2) is 0 Å². The predicted octanol–water partition coefficient (Wildman–Crippen LogP) is 8.12. The largest absolute Gasteiger partial charge is 0.508 e. The Morgan fingerprint density at radius 2 is 1.86 bits per heavy atom. The molecule has 0 spiro atoms. The second kappa shape index (κ2) is 13.5. The molecule has 3 nitrogen and oxygen atoms in total. The minimum atomic E-state index is -0.363. The van der Waals surface area contributed by atoms with Gasteiger partial charge in [0.25, 0.3) is 0 Å². The number of pyridine rings is 1. The summed E-state index contributed by atoms with van der Waals surface area (Å²) in [6.07, 6.45) is 7.17. The zero-order valence-electron chi connectivity index (χ0n) is 23.6. The van der Waals surface area contributed by atoms with Crippen molar-refractivity contribution in [2.24, 2.45) is 4.99 Å². The van der Waals surface area contributed by atoms with Crippen molar-refractivity contribution in [2.45, 2.75) is 32.6 Å². The van der Waals surface area contributed by atoms with Gasteiger partial charge in [0.05, 0.1) is 5.48 Å². The fourth-order valence-corrected chi connectivity index (χ4v) is 3.34. The zero-order valence-corrected chi connectivity index (χ0v) is 22.0. The molecule has 35 heavy (non-hydrogen) atoms. The molecule has 0 aliphatic carbocycles. The van der Waals surface area contributed by atoms with Crippen molar-refractivity contribution in [3.8, 4) is 11.3 Å². The van der Waals surface area contributed by atoms with Gasteiger partial charge in [-0.3, -0.25) is 0 Å². The molecule has 1 aliphatic heterocycles. The summed E-state index contributed by atoms with van der Waals surface area (Å²) in [7, 11) is 0. The Labute approximate surface area is 227 Å². The summed E-state index contributed by atoms with van der Waals surface area (Å²) in [5.41, 5.74) is 4.72. The van der Waals surface area contributed by atoms with Crippen molar-refractivity contribution < 1.29 is 30.0 Å². The van der Waals surface area contributed by atoms with Crippen LogP contribution in [0.5, 0.6) is 0 Å². The van der Waals surface area contributed by atoms with E-state index in [2.05, 4.69) is 60.2 Å². The van der Waals surface area contributed by atoms with Crippen molar-refractivity contribution in [2.75, 3.05) is 0 Å². The van der Waals surface area contributed by atoms with Crippen LogP contribution in [0.1, 0.15) is 49.2 Å². The number of allylic oxidation sites excluding steroid dienone is 1. The molecule has 1 aliphatic rings. The molecular formula is C31H28IrN2O-2. The van der Waals surface area contributed by atoms with Gasteiger partial charge in [-0.05, 0) is 36.4 Å². The number of aliphatic imine (C=N–C) groups is 1. The van der Waals surface area contributed by atoms with E-state index in [0.29, 0.717) is 17.1 Å². The molecule has 0 fully saturated rings. The summed E-state index contributed by atoms with van der Waals surface area (Å²) in [6, 6.07) is 24.5. The van der Waals surface area contributed by atoms with Crippen LogP contribution in [0.15, 0.2) is 113 Å². The molecule has 0 unspecified atom stereocenters. The monoisotopic (exact) mass is 641 g/mol. The van der Waals surface area contributed by atoms with Gasteiger partial charge in [-0.1, -0.05) is 67.8 Å². The van der Waals surface area contributed by atoms with E-state index in [0.717, 1.165) is 29.5 Å².